The third-order valence-corrected chi connectivity index (χ3v) is 0.741. The van der Waals surface area contributed by atoms with E-state index in [1.807, 2.05) is 0 Å². The summed E-state index contributed by atoms with van der Waals surface area (Å²) in [4.78, 5) is 0. The van der Waals surface area contributed by atoms with Crippen molar-refractivity contribution >= 4 is 17.8 Å². The molecule has 0 bridgehead atoms. The van der Waals surface area contributed by atoms with Crippen LogP contribution in [0.3, 0.4) is 0 Å². The first-order chi connectivity index (χ1) is 2.81. The first-order valence-electron chi connectivity index (χ1n) is 1.63. The third kappa shape index (κ3) is 1.97. The van der Waals surface area contributed by atoms with E-state index in [1.54, 1.807) is 13.0 Å². The number of halogens is 1. The van der Waals surface area contributed by atoms with Crippen LogP contribution in [-0.2, 0) is 0 Å². The van der Waals surface area contributed by atoms with Crippen LogP contribution in [0.4, 0.5) is 0 Å². The van der Waals surface area contributed by atoms with Gasteiger partial charge < -0.3 is 5.41 Å². The van der Waals surface area contributed by atoms with Gasteiger partial charge in [0.2, 0.25) is 0 Å². The fraction of sp³-hybridized carbons (Fsp3) is 0.250. The molecule has 2 heteroatoms. The van der Waals surface area contributed by atoms with Crippen LogP contribution < -0.4 is 0 Å². The van der Waals surface area contributed by atoms with Gasteiger partial charge in [-0.2, -0.15) is 0 Å². The third-order valence-electron chi connectivity index (χ3n) is 0.414. The molecule has 0 aromatic carbocycles. The Morgan fingerprint density at radius 2 is 2.33 bits per heavy atom. The van der Waals surface area contributed by atoms with Gasteiger partial charge in [0.15, 0.2) is 0 Å². The molecule has 0 spiro atoms. The maximum atomic E-state index is 6.48. The van der Waals surface area contributed by atoms with E-state index in [2.05, 4.69) is 0 Å². The summed E-state index contributed by atoms with van der Waals surface area (Å²) < 4.78 is 0. The minimum absolute atomic E-state index is 0.481. The Hall–Kier alpha value is -0.300. The minimum atomic E-state index is 0.481. The quantitative estimate of drug-likeness (QED) is 0.489. The van der Waals surface area contributed by atoms with Crippen molar-refractivity contribution in [3.05, 3.63) is 11.1 Å². The molecule has 0 aliphatic carbocycles. The fourth-order valence-corrected chi connectivity index (χ4v) is 0.0833. The smallest absolute Gasteiger partial charge is 0.0539 e. The molecule has 34 valence electrons. The molecule has 0 aromatic heterocycles. The maximum Gasteiger partial charge on any atom is 0.0539 e. The van der Waals surface area contributed by atoms with Gasteiger partial charge in [0.25, 0.3) is 0 Å². The van der Waals surface area contributed by atoms with Gasteiger partial charge in [0.05, 0.1) is 5.03 Å². The Morgan fingerprint density at radius 1 is 1.83 bits per heavy atom. The van der Waals surface area contributed by atoms with E-state index in [1.165, 1.54) is 0 Å². The highest BCUT2D eigenvalue weighted by Gasteiger charge is 1.72. The molecule has 0 saturated carbocycles. The zero-order valence-electron chi connectivity index (χ0n) is 3.53. The number of nitrogens with one attached hydrogen (secondary N) is 1. The highest BCUT2D eigenvalue weighted by molar-refractivity contribution is 6.38. The Kier molecular flexibility index (Phi) is 2.77. The van der Waals surface area contributed by atoms with Gasteiger partial charge in [-0.25, -0.2) is 0 Å². The summed E-state index contributed by atoms with van der Waals surface area (Å²) in [5.74, 6) is 0. The summed E-state index contributed by atoms with van der Waals surface area (Å²) in [6.45, 7) is 1.79. The molecule has 0 saturated heterocycles. The van der Waals surface area contributed by atoms with Crippen molar-refractivity contribution in [3.8, 4) is 0 Å². The predicted molar refractivity (Wildman–Crippen MR) is 28.4 cm³/mol. The molecule has 0 radical (unpaired) electrons. The van der Waals surface area contributed by atoms with Crippen LogP contribution in [0.5, 0.6) is 0 Å². The molecule has 0 fully saturated rings. The normalized spacial score (nSPS) is 11.3. The molecule has 0 atom stereocenters. The van der Waals surface area contributed by atoms with E-state index in [4.69, 9.17) is 17.0 Å². The van der Waals surface area contributed by atoms with Crippen molar-refractivity contribution in [2.75, 3.05) is 0 Å². The summed E-state index contributed by atoms with van der Waals surface area (Å²) in [6.07, 6.45) is 2.76. The first-order valence-corrected chi connectivity index (χ1v) is 2.01. The maximum absolute atomic E-state index is 6.48. The summed E-state index contributed by atoms with van der Waals surface area (Å²) >= 11 is 5.27. The summed E-state index contributed by atoms with van der Waals surface area (Å²) in [5.41, 5.74) is 0. The SMILES string of the molecule is C/C=C(/Cl)C=N. The van der Waals surface area contributed by atoms with Gasteiger partial charge >= 0.3 is 0 Å². The molecule has 1 nitrogen and oxygen atoms in total. The Balaban J connectivity index is 3.50. The standard InChI is InChI=1S/C4H6ClN/c1-2-4(5)3-6/h2-3,6H,1H3/b4-2+,6-3?. The van der Waals surface area contributed by atoms with Gasteiger partial charge in [-0.3, -0.25) is 0 Å². The van der Waals surface area contributed by atoms with Crippen molar-refractivity contribution in [2.45, 2.75) is 6.92 Å². The van der Waals surface area contributed by atoms with Crippen molar-refractivity contribution in [1.82, 2.24) is 0 Å². The van der Waals surface area contributed by atoms with Crippen molar-refractivity contribution in [2.24, 2.45) is 0 Å². The number of rotatable bonds is 1. The van der Waals surface area contributed by atoms with Gasteiger partial charge in [-0.1, -0.05) is 17.7 Å². The molecule has 0 rings (SSSR count). The average molecular weight is 104 g/mol. The van der Waals surface area contributed by atoms with Crippen molar-refractivity contribution in [3.63, 3.8) is 0 Å². The minimum Gasteiger partial charge on any atom is -0.307 e. The Bertz CT molecular complexity index is 75.6. The zero-order chi connectivity index (χ0) is 4.99. The lowest BCUT2D eigenvalue weighted by molar-refractivity contribution is 1.56. The van der Waals surface area contributed by atoms with E-state index >= 15 is 0 Å². The summed E-state index contributed by atoms with van der Waals surface area (Å²) in [7, 11) is 0. The topological polar surface area (TPSA) is 23.9 Å². The highest BCUT2D eigenvalue weighted by Crippen LogP contribution is 1.92. The van der Waals surface area contributed by atoms with E-state index in [0.29, 0.717) is 5.03 Å². The summed E-state index contributed by atoms with van der Waals surface area (Å²) in [6, 6.07) is 0. The molecular weight excluding hydrogens is 97.5 g/mol. The predicted octanol–water partition coefficient (Wildman–Crippen LogP) is 1.78. The van der Waals surface area contributed by atoms with E-state index in [-0.39, 0.29) is 0 Å². The van der Waals surface area contributed by atoms with Crippen LogP contribution >= 0.6 is 11.6 Å². The Morgan fingerprint density at radius 3 is 2.33 bits per heavy atom. The average Bonchev–Trinajstić information content (AvgIpc) is 1.65. The molecule has 0 aromatic rings. The molecule has 0 heterocycles. The fourth-order valence-electron chi connectivity index (χ4n) is 0.0833. The van der Waals surface area contributed by atoms with Gasteiger partial charge in [-0.15, -0.1) is 0 Å². The molecule has 6 heavy (non-hydrogen) atoms. The molecule has 0 aliphatic rings. The number of hydrogen-bond donors (Lipinski definition) is 1. The summed E-state index contributed by atoms with van der Waals surface area (Å²) in [5, 5.41) is 6.96. The van der Waals surface area contributed by atoms with Crippen LogP contribution in [0.2, 0.25) is 0 Å². The molecule has 0 amide bonds. The van der Waals surface area contributed by atoms with Gasteiger partial charge in [0.1, 0.15) is 0 Å². The lowest BCUT2D eigenvalue weighted by Crippen LogP contribution is -1.63. The molecule has 0 aliphatic heterocycles. The van der Waals surface area contributed by atoms with Crippen LogP contribution in [0.15, 0.2) is 11.1 Å². The molecule has 0 unspecified atom stereocenters. The second-order valence-corrected chi connectivity index (χ2v) is 1.25. The highest BCUT2D eigenvalue weighted by atomic mass is 35.5. The van der Waals surface area contributed by atoms with Crippen LogP contribution in [-0.4, -0.2) is 6.21 Å². The second-order valence-electron chi connectivity index (χ2n) is 0.818. The monoisotopic (exact) mass is 103 g/mol. The lowest BCUT2D eigenvalue weighted by Gasteiger charge is -1.73. The van der Waals surface area contributed by atoms with Crippen molar-refractivity contribution < 1.29 is 0 Å². The van der Waals surface area contributed by atoms with Crippen LogP contribution in [0, 0.1) is 5.41 Å². The van der Waals surface area contributed by atoms with Gasteiger partial charge in [-0.05, 0) is 6.92 Å². The molecule has 1 N–H and O–H groups in total. The first kappa shape index (κ1) is 5.70. The van der Waals surface area contributed by atoms with Crippen molar-refractivity contribution in [1.29, 1.82) is 5.41 Å². The number of hydrogen-bond acceptors (Lipinski definition) is 1. The van der Waals surface area contributed by atoms with Crippen LogP contribution in [0.1, 0.15) is 6.92 Å². The molecular formula is C4H6ClN. The zero-order valence-corrected chi connectivity index (χ0v) is 4.29. The van der Waals surface area contributed by atoms with E-state index in [0.717, 1.165) is 6.21 Å². The number of allylic oxidation sites excluding steroid dienone is 2. The van der Waals surface area contributed by atoms with Crippen LogP contribution in [0.25, 0.3) is 0 Å². The van der Waals surface area contributed by atoms with E-state index < -0.39 is 0 Å². The van der Waals surface area contributed by atoms with Gasteiger partial charge in [0, 0.05) is 6.21 Å². The van der Waals surface area contributed by atoms with E-state index in [9.17, 15) is 0 Å². The lowest BCUT2D eigenvalue weighted by atomic mass is 10.6. The second kappa shape index (κ2) is 2.91. The largest absolute Gasteiger partial charge is 0.307 e. The Labute approximate surface area is 42.1 Å².